The predicted octanol–water partition coefficient (Wildman–Crippen LogP) is 1.88. The molecule has 0 bridgehead atoms. The van der Waals surface area contributed by atoms with Gasteiger partial charge in [0.15, 0.2) is 0 Å². The highest BCUT2D eigenvalue weighted by Crippen LogP contribution is 2.21. The van der Waals surface area contributed by atoms with Crippen molar-refractivity contribution in [3.8, 4) is 5.75 Å². The largest absolute Gasteiger partial charge is 0.506 e. The van der Waals surface area contributed by atoms with Gasteiger partial charge in [-0.05, 0) is 12.1 Å². The first-order valence-corrected chi connectivity index (χ1v) is 5.29. The molecule has 0 saturated carbocycles. The number of hydrogen-bond acceptors (Lipinski definition) is 3. The molecule has 0 aliphatic heterocycles. The van der Waals surface area contributed by atoms with Crippen LogP contribution in [0.5, 0.6) is 5.75 Å². The summed E-state index contributed by atoms with van der Waals surface area (Å²) in [7, 11) is 0. The molecule has 2 rings (SSSR count). The SMILES string of the molecule is O=C(Cn1cc(Cl)cn1)Nc1ccccc1O. The van der Waals surface area contributed by atoms with E-state index in [1.54, 1.807) is 24.4 Å². The van der Waals surface area contributed by atoms with Gasteiger partial charge in [0, 0.05) is 6.20 Å². The predicted molar refractivity (Wildman–Crippen MR) is 64.0 cm³/mol. The molecule has 0 aliphatic rings. The highest BCUT2D eigenvalue weighted by molar-refractivity contribution is 6.30. The van der Waals surface area contributed by atoms with Crippen molar-refractivity contribution >= 4 is 23.2 Å². The summed E-state index contributed by atoms with van der Waals surface area (Å²) in [6.45, 7) is 0.0427. The molecule has 0 radical (unpaired) electrons. The first-order chi connectivity index (χ1) is 8.15. The van der Waals surface area contributed by atoms with Gasteiger partial charge in [-0.1, -0.05) is 23.7 Å². The van der Waals surface area contributed by atoms with Crippen molar-refractivity contribution in [3.63, 3.8) is 0 Å². The molecule has 0 aliphatic carbocycles. The first-order valence-electron chi connectivity index (χ1n) is 4.91. The number of aromatic hydroxyl groups is 1. The molecular formula is C11H10ClN3O2. The van der Waals surface area contributed by atoms with Crippen LogP contribution >= 0.6 is 11.6 Å². The fourth-order valence-corrected chi connectivity index (χ4v) is 1.50. The molecule has 88 valence electrons. The van der Waals surface area contributed by atoms with Gasteiger partial charge in [0.1, 0.15) is 12.3 Å². The molecule has 5 nitrogen and oxygen atoms in total. The molecule has 1 aromatic heterocycles. The summed E-state index contributed by atoms with van der Waals surface area (Å²) in [5.41, 5.74) is 0.371. The second-order valence-corrected chi connectivity index (χ2v) is 3.86. The third-order valence-electron chi connectivity index (χ3n) is 2.09. The van der Waals surface area contributed by atoms with Crippen LogP contribution in [0.15, 0.2) is 36.7 Å². The van der Waals surface area contributed by atoms with E-state index in [2.05, 4.69) is 10.4 Å². The zero-order valence-electron chi connectivity index (χ0n) is 8.80. The van der Waals surface area contributed by atoms with E-state index in [0.717, 1.165) is 0 Å². The van der Waals surface area contributed by atoms with E-state index < -0.39 is 0 Å². The Balaban J connectivity index is 2.01. The number of hydrogen-bond donors (Lipinski definition) is 2. The zero-order chi connectivity index (χ0) is 12.3. The summed E-state index contributed by atoms with van der Waals surface area (Å²) in [5.74, 6) is -0.259. The van der Waals surface area contributed by atoms with Crippen molar-refractivity contribution in [2.75, 3.05) is 5.32 Å². The first kappa shape index (κ1) is 11.5. The third-order valence-corrected chi connectivity index (χ3v) is 2.28. The molecule has 0 saturated heterocycles. The number of carbonyl (C=O) groups excluding carboxylic acids is 1. The van der Waals surface area contributed by atoms with Crippen LogP contribution in [0.3, 0.4) is 0 Å². The number of rotatable bonds is 3. The minimum absolute atomic E-state index is 0.0272. The minimum atomic E-state index is -0.286. The Kier molecular flexibility index (Phi) is 3.30. The molecule has 2 aromatic rings. The number of carbonyl (C=O) groups is 1. The van der Waals surface area contributed by atoms with E-state index in [1.165, 1.54) is 16.9 Å². The number of nitrogens with one attached hydrogen (secondary N) is 1. The molecule has 2 N–H and O–H groups in total. The number of anilines is 1. The van der Waals surface area contributed by atoms with Crippen molar-refractivity contribution < 1.29 is 9.90 Å². The quantitative estimate of drug-likeness (QED) is 0.819. The summed E-state index contributed by atoms with van der Waals surface area (Å²) in [5, 5.41) is 16.4. The second kappa shape index (κ2) is 4.88. The van der Waals surface area contributed by atoms with Gasteiger partial charge >= 0.3 is 0 Å². The summed E-state index contributed by atoms with van der Waals surface area (Å²) in [6, 6.07) is 6.52. The average Bonchev–Trinajstić information content (AvgIpc) is 2.67. The van der Waals surface area contributed by atoms with E-state index in [1.807, 2.05) is 0 Å². The lowest BCUT2D eigenvalue weighted by atomic mass is 10.3. The number of nitrogens with zero attached hydrogens (tertiary/aromatic N) is 2. The van der Waals surface area contributed by atoms with Crippen LogP contribution in [0.2, 0.25) is 5.02 Å². The number of phenols is 1. The summed E-state index contributed by atoms with van der Waals surface area (Å²) >= 11 is 5.67. The fourth-order valence-electron chi connectivity index (χ4n) is 1.34. The maximum atomic E-state index is 11.6. The van der Waals surface area contributed by atoms with Crippen LogP contribution in [-0.4, -0.2) is 20.8 Å². The molecule has 1 heterocycles. The number of amides is 1. The molecule has 0 fully saturated rings. The van der Waals surface area contributed by atoms with Gasteiger partial charge in [-0.2, -0.15) is 5.10 Å². The van der Waals surface area contributed by atoms with Crippen LogP contribution in [0.25, 0.3) is 0 Å². The van der Waals surface area contributed by atoms with Gasteiger partial charge < -0.3 is 10.4 Å². The zero-order valence-corrected chi connectivity index (χ0v) is 9.55. The van der Waals surface area contributed by atoms with Crippen molar-refractivity contribution in [3.05, 3.63) is 41.7 Å². The molecular weight excluding hydrogens is 242 g/mol. The summed E-state index contributed by atoms with van der Waals surface area (Å²) in [6.07, 6.45) is 3.00. The lowest BCUT2D eigenvalue weighted by Gasteiger charge is -2.06. The molecule has 0 unspecified atom stereocenters. The monoisotopic (exact) mass is 251 g/mol. The van der Waals surface area contributed by atoms with Gasteiger partial charge in [-0.25, -0.2) is 0 Å². The maximum absolute atomic E-state index is 11.6. The van der Waals surface area contributed by atoms with Crippen LogP contribution in [0.1, 0.15) is 0 Å². The normalized spacial score (nSPS) is 10.2. The highest BCUT2D eigenvalue weighted by Gasteiger charge is 2.07. The summed E-state index contributed by atoms with van der Waals surface area (Å²) < 4.78 is 1.41. The van der Waals surface area contributed by atoms with Gasteiger partial charge in [0.2, 0.25) is 5.91 Å². The van der Waals surface area contributed by atoms with Gasteiger partial charge in [0.25, 0.3) is 0 Å². The number of benzene rings is 1. The Morgan fingerprint density at radius 3 is 2.88 bits per heavy atom. The fraction of sp³-hybridized carbons (Fsp3) is 0.0909. The number of para-hydroxylation sites is 2. The van der Waals surface area contributed by atoms with Crippen molar-refractivity contribution in [1.82, 2.24) is 9.78 Å². The van der Waals surface area contributed by atoms with Gasteiger partial charge in [0.05, 0.1) is 16.9 Å². The number of phenolic OH excluding ortho intramolecular Hbond substituents is 1. The molecule has 1 aromatic carbocycles. The molecule has 0 spiro atoms. The third kappa shape index (κ3) is 2.98. The standard InChI is InChI=1S/C11H10ClN3O2/c12-8-5-13-15(6-8)7-11(17)14-9-3-1-2-4-10(9)16/h1-6,16H,7H2,(H,14,17). The Morgan fingerprint density at radius 1 is 1.47 bits per heavy atom. The van der Waals surface area contributed by atoms with Crippen LogP contribution in [-0.2, 0) is 11.3 Å². The average molecular weight is 252 g/mol. The van der Waals surface area contributed by atoms with Gasteiger partial charge in [-0.3, -0.25) is 9.48 Å². The second-order valence-electron chi connectivity index (χ2n) is 3.42. The molecule has 17 heavy (non-hydrogen) atoms. The number of halogens is 1. The molecule has 0 atom stereocenters. The van der Waals surface area contributed by atoms with Crippen molar-refractivity contribution in [1.29, 1.82) is 0 Å². The van der Waals surface area contributed by atoms with E-state index in [9.17, 15) is 9.90 Å². The smallest absolute Gasteiger partial charge is 0.246 e. The van der Waals surface area contributed by atoms with E-state index >= 15 is 0 Å². The Labute approximate surface area is 103 Å². The Bertz CT molecular complexity index is 539. The topological polar surface area (TPSA) is 67.2 Å². The van der Waals surface area contributed by atoms with Gasteiger partial charge in [-0.15, -0.1) is 0 Å². The number of aromatic nitrogens is 2. The highest BCUT2D eigenvalue weighted by atomic mass is 35.5. The van der Waals surface area contributed by atoms with Crippen LogP contribution in [0, 0.1) is 0 Å². The van der Waals surface area contributed by atoms with Crippen molar-refractivity contribution in [2.24, 2.45) is 0 Å². The Morgan fingerprint density at radius 2 is 2.24 bits per heavy atom. The van der Waals surface area contributed by atoms with Crippen molar-refractivity contribution in [2.45, 2.75) is 6.54 Å². The minimum Gasteiger partial charge on any atom is -0.506 e. The lowest BCUT2D eigenvalue weighted by molar-refractivity contribution is -0.116. The Hall–Kier alpha value is -2.01. The van der Waals surface area contributed by atoms with Crippen LogP contribution < -0.4 is 5.32 Å². The molecule has 1 amide bonds. The van der Waals surface area contributed by atoms with E-state index in [4.69, 9.17) is 11.6 Å². The van der Waals surface area contributed by atoms with E-state index in [0.29, 0.717) is 10.7 Å². The van der Waals surface area contributed by atoms with Crippen LogP contribution in [0.4, 0.5) is 5.69 Å². The molecule has 6 heteroatoms. The lowest BCUT2D eigenvalue weighted by Crippen LogP contribution is -2.18. The summed E-state index contributed by atoms with van der Waals surface area (Å²) in [4.78, 5) is 11.6. The van der Waals surface area contributed by atoms with E-state index in [-0.39, 0.29) is 18.2 Å². The maximum Gasteiger partial charge on any atom is 0.246 e.